The number of alkyl halides is 1. The van der Waals surface area contributed by atoms with Gasteiger partial charge in [0.25, 0.3) is 0 Å². The van der Waals surface area contributed by atoms with E-state index in [2.05, 4.69) is 0 Å². The average molecular weight is 237 g/mol. The van der Waals surface area contributed by atoms with Crippen molar-refractivity contribution in [1.82, 2.24) is 0 Å². The van der Waals surface area contributed by atoms with E-state index in [1.165, 1.54) is 0 Å². The van der Waals surface area contributed by atoms with Crippen LogP contribution in [-0.2, 0) is 9.47 Å². The summed E-state index contributed by atoms with van der Waals surface area (Å²) in [5.74, 6) is 1.05. The molecule has 0 aromatic heterocycles. The van der Waals surface area contributed by atoms with Crippen molar-refractivity contribution in [3.63, 3.8) is 0 Å². The predicted molar refractivity (Wildman–Crippen MR) is 61.3 cm³/mol. The Morgan fingerprint density at radius 1 is 1.13 bits per heavy atom. The van der Waals surface area contributed by atoms with Gasteiger partial charge in [-0.25, -0.2) is 4.79 Å². The molecule has 0 spiro atoms. The van der Waals surface area contributed by atoms with Gasteiger partial charge in [0.15, 0.2) is 0 Å². The monoisotopic (exact) mass is 236 g/mol. The first kappa shape index (κ1) is 14.6. The molecule has 0 aliphatic heterocycles. The first-order valence-electron chi connectivity index (χ1n) is 5.52. The van der Waals surface area contributed by atoms with Crippen LogP contribution in [0.2, 0.25) is 0 Å². The molecule has 0 aromatic carbocycles. The molecule has 0 atom stereocenters. The van der Waals surface area contributed by atoms with E-state index in [9.17, 15) is 4.79 Å². The van der Waals surface area contributed by atoms with Crippen LogP contribution >= 0.6 is 11.6 Å². The van der Waals surface area contributed by atoms with Gasteiger partial charge in [0.1, 0.15) is 0 Å². The minimum atomic E-state index is -0.555. The largest absolute Gasteiger partial charge is 0.508 e. The van der Waals surface area contributed by atoms with Crippen LogP contribution in [0, 0.1) is 5.92 Å². The Bertz CT molecular complexity index is 160. The molecule has 0 amide bonds. The standard InChI is InChI=1S/C11H21ClO3/c1-10(2)9-15-11(13)14-8-6-4-3-5-7-12/h10H,3-9H2,1-2H3. The molecule has 0 rings (SSSR count). The third-order valence-corrected chi connectivity index (χ3v) is 2.05. The van der Waals surface area contributed by atoms with Gasteiger partial charge in [0.05, 0.1) is 13.2 Å². The number of unbranched alkanes of at least 4 members (excludes halogenated alkanes) is 3. The van der Waals surface area contributed by atoms with Crippen molar-refractivity contribution in [3.8, 4) is 0 Å². The molecular formula is C11H21ClO3. The first-order valence-corrected chi connectivity index (χ1v) is 6.05. The molecule has 15 heavy (non-hydrogen) atoms. The molecule has 0 saturated heterocycles. The molecule has 0 heterocycles. The van der Waals surface area contributed by atoms with Gasteiger partial charge < -0.3 is 9.47 Å². The molecular weight excluding hydrogens is 216 g/mol. The molecule has 4 heteroatoms. The summed E-state index contributed by atoms with van der Waals surface area (Å²) in [4.78, 5) is 11.0. The number of ether oxygens (including phenoxy) is 2. The summed E-state index contributed by atoms with van der Waals surface area (Å²) in [6.07, 6.45) is 3.49. The smallest absolute Gasteiger partial charge is 0.434 e. The van der Waals surface area contributed by atoms with E-state index in [0.29, 0.717) is 25.0 Å². The van der Waals surface area contributed by atoms with E-state index in [4.69, 9.17) is 21.1 Å². The van der Waals surface area contributed by atoms with E-state index in [1.807, 2.05) is 13.8 Å². The number of hydrogen-bond acceptors (Lipinski definition) is 3. The van der Waals surface area contributed by atoms with Crippen molar-refractivity contribution in [2.45, 2.75) is 39.5 Å². The Morgan fingerprint density at radius 2 is 1.80 bits per heavy atom. The Balaban J connectivity index is 3.17. The summed E-state index contributed by atoms with van der Waals surface area (Å²) >= 11 is 5.53. The van der Waals surface area contributed by atoms with Gasteiger partial charge in [-0.15, -0.1) is 11.6 Å². The van der Waals surface area contributed by atoms with E-state index in [-0.39, 0.29) is 0 Å². The zero-order chi connectivity index (χ0) is 11.5. The van der Waals surface area contributed by atoms with Crippen LogP contribution in [0.3, 0.4) is 0 Å². The van der Waals surface area contributed by atoms with E-state index < -0.39 is 6.16 Å². The summed E-state index contributed by atoms with van der Waals surface area (Å²) in [7, 11) is 0. The van der Waals surface area contributed by atoms with E-state index in [0.717, 1.165) is 25.7 Å². The minimum absolute atomic E-state index is 0.348. The third kappa shape index (κ3) is 11.5. The molecule has 3 nitrogen and oxygen atoms in total. The fourth-order valence-electron chi connectivity index (χ4n) is 0.982. The van der Waals surface area contributed by atoms with Crippen LogP contribution in [-0.4, -0.2) is 25.2 Å². The highest BCUT2D eigenvalue weighted by Gasteiger charge is 2.04. The maximum absolute atomic E-state index is 11.0. The number of carbonyl (C=O) groups is 1. The lowest BCUT2D eigenvalue weighted by Gasteiger charge is -2.07. The lowest BCUT2D eigenvalue weighted by Crippen LogP contribution is -2.12. The molecule has 0 aromatic rings. The fourth-order valence-corrected chi connectivity index (χ4v) is 1.17. The fraction of sp³-hybridized carbons (Fsp3) is 0.909. The van der Waals surface area contributed by atoms with Gasteiger partial charge in [-0.3, -0.25) is 0 Å². The zero-order valence-corrected chi connectivity index (χ0v) is 10.4. The minimum Gasteiger partial charge on any atom is -0.434 e. The van der Waals surface area contributed by atoms with Crippen LogP contribution in [0.15, 0.2) is 0 Å². The van der Waals surface area contributed by atoms with Crippen molar-refractivity contribution in [1.29, 1.82) is 0 Å². The Kier molecular flexibility index (Phi) is 9.79. The van der Waals surface area contributed by atoms with Crippen molar-refractivity contribution < 1.29 is 14.3 Å². The number of carbonyl (C=O) groups excluding carboxylic acids is 1. The molecule has 90 valence electrons. The second-order valence-electron chi connectivity index (χ2n) is 3.91. The van der Waals surface area contributed by atoms with Gasteiger partial charge >= 0.3 is 6.16 Å². The SMILES string of the molecule is CC(C)COC(=O)OCCCCCCCl. The molecule has 0 N–H and O–H groups in total. The Morgan fingerprint density at radius 3 is 2.40 bits per heavy atom. The van der Waals surface area contributed by atoms with Crippen molar-refractivity contribution >= 4 is 17.8 Å². The van der Waals surface area contributed by atoms with Crippen LogP contribution in [0.5, 0.6) is 0 Å². The average Bonchev–Trinajstić information content (AvgIpc) is 2.20. The number of hydrogen-bond donors (Lipinski definition) is 0. The maximum atomic E-state index is 11.0. The van der Waals surface area contributed by atoms with Gasteiger partial charge in [0, 0.05) is 5.88 Å². The first-order chi connectivity index (χ1) is 7.16. The molecule has 0 unspecified atom stereocenters. The highest BCUT2D eigenvalue weighted by atomic mass is 35.5. The van der Waals surface area contributed by atoms with E-state index in [1.54, 1.807) is 0 Å². The normalized spacial score (nSPS) is 10.4. The summed E-state index contributed by atoms with van der Waals surface area (Å²) in [6.45, 7) is 4.84. The predicted octanol–water partition coefficient (Wildman–Crippen LogP) is 3.59. The molecule has 0 radical (unpaired) electrons. The van der Waals surface area contributed by atoms with Crippen LogP contribution < -0.4 is 0 Å². The summed E-state index contributed by atoms with van der Waals surface area (Å²) in [6, 6.07) is 0. The van der Waals surface area contributed by atoms with Crippen molar-refractivity contribution in [3.05, 3.63) is 0 Å². The molecule has 0 bridgehead atoms. The van der Waals surface area contributed by atoms with Crippen molar-refractivity contribution in [2.75, 3.05) is 19.1 Å². The van der Waals surface area contributed by atoms with Gasteiger partial charge in [-0.1, -0.05) is 26.7 Å². The molecule has 0 saturated carbocycles. The Labute approximate surface area is 97.1 Å². The summed E-state index contributed by atoms with van der Waals surface area (Å²) in [5.41, 5.74) is 0. The quantitative estimate of drug-likeness (QED) is 0.367. The van der Waals surface area contributed by atoms with Gasteiger partial charge in [-0.2, -0.15) is 0 Å². The highest BCUT2D eigenvalue weighted by Crippen LogP contribution is 2.02. The Hall–Kier alpha value is -0.440. The number of rotatable bonds is 8. The maximum Gasteiger partial charge on any atom is 0.508 e. The topological polar surface area (TPSA) is 35.5 Å². The summed E-state index contributed by atoms with van der Waals surface area (Å²) < 4.78 is 9.73. The zero-order valence-electron chi connectivity index (χ0n) is 9.63. The van der Waals surface area contributed by atoms with Crippen molar-refractivity contribution in [2.24, 2.45) is 5.92 Å². The van der Waals surface area contributed by atoms with Gasteiger partial charge in [0.2, 0.25) is 0 Å². The summed E-state index contributed by atoms with van der Waals surface area (Å²) in [5, 5.41) is 0. The highest BCUT2D eigenvalue weighted by molar-refractivity contribution is 6.17. The molecule has 0 aliphatic rings. The lowest BCUT2D eigenvalue weighted by molar-refractivity contribution is 0.0465. The molecule has 0 aliphatic carbocycles. The van der Waals surface area contributed by atoms with Gasteiger partial charge in [-0.05, 0) is 18.8 Å². The number of halogens is 1. The third-order valence-electron chi connectivity index (χ3n) is 1.78. The second kappa shape index (κ2) is 10.1. The second-order valence-corrected chi connectivity index (χ2v) is 4.28. The van der Waals surface area contributed by atoms with Crippen LogP contribution in [0.25, 0.3) is 0 Å². The van der Waals surface area contributed by atoms with Crippen LogP contribution in [0.1, 0.15) is 39.5 Å². The van der Waals surface area contributed by atoms with Crippen LogP contribution in [0.4, 0.5) is 4.79 Å². The lowest BCUT2D eigenvalue weighted by atomic mass is 10.2. The molecule has 0 fully saturated rings. The van der Waals surface area contributed by atoms with E-state index >= 15 is 0 Å².